The van der Waals surface area contributed by atoms with Gasteiger partial charge in [-0.3, -0.25) is 4.79 Å². The molecule has 1 heterocycles. The second kappa shape index (κ2) is 6.73. The Kier molecular flexibility index (Phi) is 5.29. The largest absolute Gasteiger partial charge is 0.368 e. The van der Waals surface area contributed by atoms with E-state index in [2.05, 4.69) is 20.9 Å². The predicted molar refractivity (Wildman–Crippen MR) is 65.5 cm³/mol. The molecule has 0 saturated heterocycles. The molecule has 0 atom stereocenters. The summed E-state index contributed by atoms with van der Waals surface area (Å²) in [6.07, 6.45) is 0.186. The van der Waals surface area contributed by atoms with E-state index in [-0.39, 0.29) is 30.5 Å². The average Bonchev–Trinajstić information content (AvgIpc) is 2.34. The molecular weight excluding hydrogens is 242 g/mol. The van der Waals surface area contributed by atoms with Crippen LogP contribution in [0.3, 0.4) is 0 Å². The number of hydrogen-bond donors (Lipinski definition) is 3. The van der Waals surface area contributed by atoms with Crippen molar-refractivity contribution in [2.75, 3.05) is 30.8 Å². The number of hydrogen-bond acceptors (Lipinski definition) is 4. The van der Waals surface area contributed by atoms with Gasteiger partial charge in [0.1, 0.15) is 0 Å². The summed E-state index contributed by atoms with van der Waals surface area (Å²) in [4.78, 5) is 14.8. The topological polar surface area (TPSA) is 66.0 Å². The second-order valence-electron chi connectivity index (χ2n) is 3.53. The second-order valence-corrected chi connectivity index (χ2v) is 3.53. The Bertz CT molecular complexity index is 426. The molecule has 18 heavy (non-hydrogen) atoms. The highest BCUT2D eigenvalue weighted by molar-refractivity contribution is 5.76. The highest BCUT2D eigenvalue weighted by atomic mass is 19.1. The number of pyridine rings is 1. The summed E-state index contributed by atoms with van der Waals surface area (Å²) in [5.74, 6) is -1.79. The molecule has 0 aliphatic carbocycles. The molecule has 100 valence electrons. The lowest BCUT2D eigenvalue weighted by atomic mass is 10.3. The van der Waals surface area contributed by atoms with Gasteiger partial charge >= 0.3 is 0 Å². The summed E-state index contributed by atoms with van der Waals surface area (Å²) in [5.41, 5.74) is 0. The van der Waals surface area contributed by atoms with Crippen molar-refractivity contribution in [2.45, 2.75) is 13.3 Å². The number of nitrogens with zero attached hydrogens (tertiary/aromatic N) is 1. The summed E-state index contributed by atoms with van der Waals surface area (Å²) < 4.78 is 26.6. The van der Waals surface area contributed by atoms with Crippen molar-refractivity contribution in [3.63, 3.8) is 0 Å². The monoisotopic (exact) mass is 258 g/mol. The third-order valence-corrected chi connectivity index (χ3v) is 2.20. The third kappa shape index (κ3) is 3.83. The summed E-state index contributed by atoms with van der Waals surface area (Å²) in [6.45, 7) is 2.48. The van der Waals surface area contributed by atoms with Gasteiger partial charge < -0.3 is 16.0 Å². The lowest BCUT2D eigenvalue weighted by Crippen LogP contribution is -2.21. The van der Waals surface area contributed by atoms with E-state index in [4.69, 9.17) is 0 Å². The van der Waals surface area contributed by atoms with Crippen molar-refractivity contribution in [3.05, 3.63) is 17.7 Å². The minimum absolute atomic E-state index is 0.0126. The Morgan fingerprint density at radius 3 is 2.44 bits per heavy atom. The summed E-state index contributed by atoms with van der Waals surface area (Å²) in [7, 11) is 1.52. The minimum Gasteiger partial charge on any atom is -0.368 e. The fourth-order valence-corrected chi connectivity index (χ4v) is 1.30. The Labute approximate surface area is 104 Å². The fraction of sp³-hybridized carbons (Fsp3) is 0.455. The lowest BCUT2D eigenvalue weighted by Gasteiger charge is -2.10. The molecule has 0 spiro atoms. The average molecular weight is 258 g/mol. The minimum atomic E-state index is -0.786. The van der Waals surface area contributed by atoms with Crippen molar-refractivity contribution in [1.82, 2.24) is 10.3 Å². The Hall–Kier alpha value is -1.92. The number of rotatable bonds is 6. The highest BCUT2D eigenvalue weighted by Crippen LogP contribution is 2.18. The molecule has 5 nitrogen and oxygen atoms in total. The van der Waals surface area contributed by atoms with Gasteiger partial charge in [0.05, 0.1) is 0 Å². The van der Waals surface area contributed by atoms with Gasteiger partial charge in [0.2, 0.25) is 5.91 Å². The first-order valence-electron chi connectivity index (χ1n) is 5.62. The van der Waals surface area contributed by atoms with Gasteiger partial charge in [-0.2, -0.15) is 0 Å². The van der Waals surface area contributed by atoms with E-state index in [0.29, 0.717) is 6.54 Å². The van der Waals surface area contributed by atoms with Gasteiger partial charge in [-0.05, 0) is 6.92 Å². The normalized spacial score (nSPS) is 10.0. The van der Waals surface area contributed by atoms with E-state index in [0.717, 1.165) is 6.07 Å². The number of halogens is 2. The van der Waals surface area contributed by atoms with Crippen molar-refractivity contribution in [3.8, 4) is 0 Å². The van der Waals surface area contributed by atoms with E-state index in [9.17, 15) is 13.6 Å². The van der Waals surface area contributed by atoms with Crippen molar-refractivity contribution in [1.29, 1.82) is 0 Å². The SMILES string of the molecule is CCNc1nc(NCCC(=O)NC)c(F)cc1F. The molecule has 0 radical (unpaired) electrons. The van der Waals surface area contributed by atoms with Gasteiger partial charge in [-0.1, -0.05) is 0 Å². The smallest absolute Gasteiger partial charge is 0.221 e. The van der Waals surface area contributed by atoms with E-state index >= 15 is 0 Å². The van der Waals surface area contributed by atoms with Crippen LogP contribution in [-0.2, 0) is 4.79 Å². The Morgan fingerprint density at radius 1 is 1.28 bits per heavy atom. The Morgan fingerprint density at radius 2 is 1.89 bits per heavy atom. The highest BCUT2D eigenvalue weighted by Gasteiger charge is 2.11. The van der Waals surface area contributed by atoms with Crippen LogP contribution in [0.15, 0.2) is 6.07 Å². The van der Waals surface area contributed by atoms with E-state index < -0.39 is 11.6 Å². The molecule has 0 fully saturated rings. The number of anilines is 2. The van der Waals surface area contributed by atoms with E-state index in [1.165, 1.54) is 7.05 Å². The first-order valence-corrected chi connectivity index (χ1v) is 5.62. The maximum atomic E-state index is 13.4. The van der Waals surface area contributed by atoms with Gasteiger partial charge in [0, 0.05) is 32.6 Å². The molecule has 0 aliphatic rings. The molecular formula is C11H16F2N4O. The molecule has 1 aromatic rings. The Balaban J connectivity index is 2.69. The predicted octanol–water partition coefficient (Wildman–Crippen LogP) is 1.34. The van der Waals surface area contributed by atoms with Crippen molar-refractivity contribution < 1.29 is 13.6 Å². The first-order chi connectivity index (χ1) is 8.58. The zero-order valence-electron chi connectivity index (χ0n) is 10.3. The standard InChI is InChI=1S/C11H16F2N4O/c1-3-15-10-7(12)6-8(13)11(17-10)16-5-4-9(18)14-2/h6H,3-5H2,1-2H3,(H,14,18)(H2,15,16,17). The number of carbonyl (C=O) groups excluding carboxylic acids is 1. The zero-order chi connectivity index (χ0) is 13.5. The number of nitrogens with one attached hydrogen (secondary N) is 3. The van der Waals surface area contributed by atoms with Crippen LogP contribution in [-0.4, -0.2) is 31.0 Å². The molecule has 0 aromatic carbocycles. The van der Waals surface area contributed by atoms with Gasteiger partial charge in [-0.15, -0.1) is 0 Å². The lowest BCUT2D eigenvalue weighted by molar-refractivity contribution is -0.120. The molecule has 7 heteroatoms. The van der Waals surface area contributed by atoms with Gasteiger partial charge in [0.15, 0.2) is 23.3 Å². The molecule has 1 aromatic heterocycles. The molecule has 1 rings (SSSR count). The van der Waals surface area contributed by atoms with E-state index in [1.54, 1.807) is 6.92 Å². The zero-order valence-corrected chi connectivity index (χ0v) is 10.3. The fourth-order valence-electron chi connectivity index (χ4n) is 1.30. The van der Waals surface area contributed by atoms with Gasteiger partial charge in [0.25, 0.3) is 0 Å². The maximum Gasteiger partial charge on any atom is 0.221 e. The molecule has 0 saturated carbocycles. The quantitative estimate of drug-likeness (QED) is 0.720. The van der Waals surface area contributed by atoms with Crippen LogP contribution >= 0.6 is 0 Å². The maximum absolute atomic E-state index is 13.4. The number of carbonyl (C=O) groups is 1. The number of aromatic nitrogens is 1. The van der Waals surface area contributed by atoms with Crippen LogP contribution in [0, 0.1) is 11.6 Å². The molecule has 0 unspecified atom stereocenters. The van der Waals surface area contributed by atoms with Crippen LogP contribution in [0.2, 0.25) is 0 Å². The molecule has 3 N–H and O–H groups in total. The van der Waals surface area contributed by atoms with Crippen molar-refractivity contribution in [2.24, 2.45) is 0 Å². The van der Waals surface area contributed by atoms with Crippen LogP contribution in [0.25, 0.3) is 0 Å². The van der Waals surface area contributed by atoms with Crippen LogP contribution in [0.4, 0.5) is 20.4 Å². The number of amides is 1. The van der Waals surface area contributed by atoms with Crippen LogP contribution < -0.4 is 16.0 Å². The summed E-state index contributed by atoms with van der Waals surface area (Å²) in [5, 5.41) is 7.77. The third-order valence-electron chi connectivity index (χ3n) is 2.20. The van der Waals surface area contributed by atoms with Crippen molar-refractivity contribution >= 4 is 17.5 Å². The van der Waals surface area contributed by atoms with Crippen LogP contribution in [0.1, 0.15) is 13.3 Å². The van der Waals surface area contributed by atoms with Crippen LogP contribution in [0.5, 0.6) is 0 Å². The summed E-state index contributed by atoms with van der Waals surface area (Å²) >= 11 is 0. The summed E-state index contributed by atoms with van der Waals surface area (Å²) in [6, 6.07) is 0.757. The molecule has 1 amide bonds. The van der Waals surface area contributed by atoms with Gasteiger partial charge in [-0.25, -0.2) is 13.8 Å². The molecule has 0 aliphatic heterocycles. The molecule has 0 bridgehead atoms. The first kappa shape index (κ1) is 14.1. The van der Waals surface area contributed by atoms with E-state index in [1.807, 2.05) is 0 Å².